The van der Waals surface area contributed by atoms with Crippen LogP contribution in [0.25, 0.3) is 6.08 Å². The molecule has 10 nitrogen and oxygen atoms in total. The number of aliphatic hydroxyl groups is 1. The van der Waals surface area contributed by atoms with Crippen molar-refractivity contribution in [2.75, 3.05) is 61.8 Å². The molecular weight excluding hydrogens is 504 g/mol. The van der Waals surface area contributed by atoms with E-state index in [2.05, 4.69) is 0 Å². The van der Waals surface area contributed by atoms with Gasteiger partial charge in [0.1, 0.15) is 0 Å². The largest absolute Gasteiger partial charge is 0.493 e. The highest BCUT2D eigenvalue weighted by atomic mass is 16.5. The number of ether oxygens (including phenoxy) is 5. The summed E-state index contributed by atoms with van der Waals surface area (Å²) in [6.07, 6.45) is 4.14. The van der Waals surface area contributed by atoms with Crippen molar-refractivity contribution in [3.63, 3.8) is 0 Å². The Kier molecular flexibility index (Phi) is 8.86. The molecule has 210 valence electrons. The molecule has 0 saturated carbocycles. The fourth-order valence-corrected chi connectivity index (χ4v) is 5.22. The summed E-state index contributed by atoms with van der Waals surface area (Å²) in [4.78, 5) is 30.4. The summed E-state index contributed by atoms with van der Waals surface area (Å²) in [5, 5.41) is 10.2. The number of methoxy groups -OCH3 is 5. The Balaban J connectivity index is 1.54. The number of fused-ring (bicyclic) bond motifs is 1. The number of aliphatic hydroxyl groups excluding tert-OH is 1. The molecule has 1 atom stereocenters. The SMILES string of the molecule is COc1cc2c(cc1OC)CCCC(C(=O)N1CCN(C(=O)c3cc(OC)c(OC)c(OC)c3)CC1CO)=C2. The predicted octanol–water partition coefficient (Wildman–Crippen LogP) is 2.79. The number of piperazine rings is 1. The monoisotopic (exact) mass is 540 g/mol. The van der Waals surface area contributed by atoms with Crippen LogP contribution >= 0.6 is 0 Å². The molecule has 0 bridgehead atoms. The van der Waals surface area contributed by atoms with Crippen molar-refractivity contribution < 1.29 is 38.4 Å². The molecule has 2 aromatic rings. The molecule has 1 aliphatic heterocycles. The highest BCUT2D eigenvalue weighted by Crippen LogP contribution is 2.39. The molecule has 4 rings (SSSR count). The Morgan fingerprint density at radius 2 is 1.46 bits per heavy atom. The zero-order chi connectivity index (χ0) is 28.1. The number of nitrogens with zero attached hydrogens (tertiary/aromatic N) is 2. The van der Waals surface area contributed by atoms with E-state index in [0.29, 0.717) is 59.4 Å². The normalized spacial score (nSPS) is 17.0. The minimum atomic E-state index is -0.536. The van der Waals surface area contributed by atoms with Gasteiger partial charge in [-0.15, -0.1) is 0 Å². The van der Waals surface area contributed by atoms with Gasteiger partial charge in [-0.25, -0.2) is 0 Å². The molecule has 1 aliphatic carbocycles. The first-order chi connectivity index (χ1) is 18.9. The lowest BCUT2D eigenvalue weighted by atomic mass is 10.0. The third-order valence-corrected chi connectivity index (χ3v) is 7.30. The van der Waals surface area contributed by atoms with Crippen LogP contribution in [0.5, 0.6) is 28.7 Å². The fourth-order valence-electron chi connectivity index (χ4n) is 5.22. The molecule has 1 fully saturated rings. The minimum Gasteiger partial charge on any atom is -0.493 e. The van der Waals surface area contributed by atoms with Gasteiger partial charge in [0.05, 0.1) is 48.2 Å². The van der Waals surface area contributed by atoms with Crippen LogP contribution in [0.3, 0.4) is 0 Å². The summed E-state index contributed by atoms with van der Waals surface area (Å²) in [5.74, 6) is 2.04. The van der Waals surface area contributed by atoms with E-state index >= 15 is 0 Å². The van der Waals surface area contributed by atoms with E-state index in [1.54, 1.807) is 36.2 Å². The van der Waals surface area contributed by atoms with Crippen molar-refractivity contribution in [3.8, 4) is 28.7 Å². The number of rotatable bonds is 8. The Morgan fingerprint density at radius 3 is 2.05 bits per heavy atom. The summed E-state index contributed by atoms with van der Waals surface area (Å²) >= 11 is 0. The standard InChI is InChI=1S/C29H36N2O8/c1-35-23-12-18-7-6-8-19(11-20(18)13-24(23)36-2)29(34)31-10-9-30(16-22(31)17-32)28(33)21-14-25(37-3)27(39-5)26(15-21)38-4/h11-15,22,32H,6-10,16-17H2,1-5H3. The Morgan fingerprint density at radius 1 is 0.821 bits per heavy atom. The first-order valence-corrected chi connectivity index (χ1v) is 12.9. The minimum absolute atomic E-state index is 0.128. The molecule has 1 heterocycles. The number of aryl methyl sites for hydroxylation is 1. The van der Waals surface area contributed by atoms with Crippen LogP contribution in [0.2, 0.25) is 0 Å². The molecule has 39 heavy (non-hydrogen) atoms. The number of hydrogen-bond donors (Lipinski definition) is 1. The Bertz CT molecular complexity index is 1230. The van der Waals surface area contributed by atoms with Gasteiger partial charge in [-0.1, -0.05) is 0 Å². The first-order valence-electron chi connectivity index (χ1n) is 12.9. The van der Waals surface area contributed by atoms with E-state index in [1.807, 2.05) is 18.2 Å². The molecule has 0 radical (unpaired) electrons. The number of benzene rings is 2. The van der Waals surface area contributed by atoms with Gasteiger partial charge in [0.25, 0.3) is 5.91 Å². The molecule has 2 aliphatic rings. The maximum absolute atomic E-state index is 13.7. The van der Waals surface area contributed by atoms with E-state index in [0.717, 1.165) is 24.0 Å². The lowest BCUT2D eigenvalue weighted by Crippen LogP contribution is -2.58. The van der Waals surface area contributed by atoms with Gasteiger partial charge in [-0.05, 0) is 60.7 Å². The van der Waals surface area contributed by atoms with Crippen LogP contribution in [-0.4, -0.2) is 94.6 Å². The highest BCUT2D eigenvalue weighted by Gasteiger charge is 2.34. The highest BCUT2D eigenvalue weighted by molar-refractivity contribution is 5.99. The van der Waals surface area contributed by atoms with Gasteiger partial charge in [-0.3, -0.25) is 9.59 Å². The van der Waals surface area contributed by atoms with Crippen molar-refractivity contribution in [2.45, 2.75) is 25.3 Å². The molecule has 1 unspecified atom stereocenters. The van der Waals surface area contributed by atoms with E-state index in [-0.39, 0.29) is 25.0 Å². The van der Waals surface area contributed by atoms with E-state index in [9.17, 15) is 14.7 Å². The lowest BCUT2D eigenvalue weighted by molar-refractivity contribution is -0.132. The molecule has 2 amide bonds. The van der Waals surface area contributed by atoms with Gasteiger partial charge in [-0.2, -0.15) is 0 Å². The van der Waals surface area contributed by atoms with Gasteiger partial charge >= 0.3 is 0 Å². The van der Waals surface area contributed by atoms with Crippen molar-refractivity contribution in [1.29, 1.82) is 0 Å². The smallest absolute Gasteiger partial charge is 0.254 e. The summed E-state index contributed by atoms with van der Waals surface area (Å²) in [6.45, 7) is 0.565. The second-order valence-corrected chi connectivity index (χ2v) is 9.43. The second kappa shape index (κ2) is 12.3. The average molecular weight is 541 g/mol. The first kappa shape index (κ1) is 28.1. The quantitative estimate of drug-likeness (QED) is 0.545. The predicted molar refractivity (Wildman–Crippen MR) is 145 cm³/mol. The number of amides is 2. The molecule has 0 aromatic heterocycles. The Hall–Kier alpha value is -3.92. The second-order valence-electron chi connectivity index (χ2n) is 9.43. The van der Waals surface area contributed by atoms with Crippen LogP contribution in [0, 0.1) is 0 Å². The maximum atomic E-state index is 13.7. The van der Waals surface area contributed by atoms with E-state index in [4.69, 9.17) is 23.7 Å². The molecule has 1 saturated heterocycles. The van der Waals surface area contributed by atoms with Crippen molar-refractivity contribution in [3.05, 3.63) is 46.5 Å². The van der Waals surface area contributed by atoms with Crippen LogP contribution in [-0.2, 0) is 11.2 Å². The Labute approximate surface area is 228 Å². The third kappa shape index (κ3) is 5.61. The van der Waals surface area contributed by atoms with Gasteiger partial charge in [0.2, 0.25) is 11.7 Å². The van der Waals surface area contributed by atoms with E-state index < -0.39 is 6.04 Å². The van der Waals surface area contributed by atoms with Crippen LogP contribution in [0.15, 0.2) is 29.8 Å². The molecule has 10 heteroatoms. The summed E-state index contributed by atoms with van der Waals surface area (Å²) in [5.41, 5.74) is 3.05. The number of hydrogen-bond acceptors (Lipinski definition) is 8. The molecule has 2 aromatic carbocycles. The van der Waals surface area contributed by atoms with Crippen molar-refractivity contribution >= 4 is 17.9 Å². The zero-order valence-corrected chi connectivity index (χ0v) is 23.1. The van der Waals surface area contributed by atoms with Gasteiger partial charge in [0, 0.05) is 30.8 Å². The average Bonchev–Trinajstić information content (AvgIpc) is 3.20. The fraction of sp³-hybridized carbons (Fsp3) is 0.448. The zero-order valence-electron chi connectivity index (χ0n) is 23.1. The van der Waals surface area contributed by atoms with Crippen LogP contribution < -0.4 is 23.7 Å². The lowest BCUT2D eigenvalue weighted by Gasteiger charge is -2.41. The number of carbonyl (C=O) groups excluding carboxylic acids is 2. The van der Waals surface area contributed by atoms with Crippen molar-refractivity contribution in [2.24, 2.45) is 0 Å². The maximum Gasteiger partial charge on any atom is 0.254 e. The van der Waals surface area contributed by atoms with Crippen molar-refractivity contribution in [1.82, 2.24) is 9.80 Å². The topological polar surface area (TPSA) is 107 Å². The van der Waals surface area contributed by atoms with Crippen LogP contribution in [0.4, 0.5) is 0 Å². The number of carbonyl (C=O) groups is 2. The van der Waals surface area contributed by atoms with Gasteiger partial charge in [0.15, 0.2) is 23.0 Å². The third-order valence-electron chi connectivity index (χ3n) is 7.30. The summed E-state index contributed by atoms with van der Waals surface area (Å²) < 4.78 is 27.0. The summed E-state index contributed by atoms with van der Waals surface area (Å²) in [6, 6.07) is 6.52. The summed E-state index contributed by atoms with van der Waals surface area (Å²) in [7, 11) is 7.67. The van der Waals surface area contributed by atoms with Gasteiger partial charge < -0.3 is 38.6 Å². The molecular formula is C29H36N2O8. The molecule has 0 spiro atoms. The van der Waals surface area contributed by atoms with Crippen LogP contribution in [0.1, 0.15) is 34.3 Å². The molecule has 1 N–H and O–H groups in total. The van der Waals surface area contributed by atoms with E-state index in [1.165, 1.54) is 21.3 Å².